The molecule has 146 valence electrons. The second-order valence-electron chi connectivity index (χ2n) is 6.53. The number of aromatic amines is 1. The molecule has 0 bridgehead atoms. The lowest BCUT2D eigenvalue weighted by molar-refractivity contribution is -0.137. The number of esters is 1. The number of aromatic nitrogens is 1. The Balaban J connectivity index is 1.42. The molecule has 0 saturated carbocycles. The normalized spacial score (nSPS) is 11.2. The van der Waals surface area contributed by atoms with Crippen LogP contribution in [-0.2, 0) is 16.0 Å². The minimum absolute atomic E-state index is 0.340. The van der Waals surface area contributed by atoms with E-state index in [2.05, 4.69) is 11.9 Å². The number of aryl methyl sites for hydroxylation is 1. The van der Waals surface area contributed by atoms with Crippen molar-refractivity contribution in [2.45, 2.75) is 26.2 Å². The van der Waals surface area contributed by atoms with E-state index in [0.29, 0.717) is 13.2 Å². The van der Waals surface area contributed by atoms with Crippen LogP contribution in [0.3, 0.4) is 0 Å². The molecule has 0 aliphatic heterocycles. The first-order valence-corrected chi connectivity index (χ1v) is 9.86. The number of hydrogen-bond donors (Lipinski definition) is 1. The van der Waals surface area contributed by atoms with Gasteiger partial charge >= 0.3 is 5.97 Å². The summed E-state index contributed by atoms with van der Waals surface area (Å²) in [4.78, 5) is 15.1. The topological polar surface area (TPSA) is 51.3 Å². The molecule has 3 aromatic rings. The molecule has 1 heterocycles. The van der Waals surface area contributed by atoms with Gasteiger partial charge in [0.2, 0.25) is 0 Å². The fourth-order valence-corrected chi connectivity index (χ4v) is 3.07. The molecule has 0 unspecified atom stereocenters. The molecule has 0 spiro atoms. The lowest BCUT2D eigenvalue weighted by atomic mass is 10.1. The quantitative estimate of drug-likeness (QED) is 0.282. The van der Waals surface area contributed by atoms with Gasteiger partial charge in [0.25, 0.3) is 0 Å². The van der Waals surface area contributed by atoms with Crippen LogP contribution in [0.1, 0.15) is 30.9 Å². The highest BCUT2D eigenvalue weighted by Crippen LogP contribution is 2.23. The third-order valence-corrected chi connectivity index (χ3v) is 4.56. The Bertz CT molecular complexity index is 944. The lowest BCUT2D eigenvalue weighted by Crippen LogP contribution is -2.03. The maximum atomic E-state index is 11.9. The number of fused-ring (bicyclic) bond motifs is 1. The zero-order valence-corrected chi connectivity index (χ0v) is 16.7. The van der Waals surface area contributed by atoms with Gasteiger partial charge in [-0.15, -0.1) is 0 Å². The van der Waals surface area contributed by atoms with Crippen LogP contribution in [0.25, 0.3) is 17.0 Å². The van der Waals surface area contributed by atoms with Gasteiger partial charge in [-0.05, 0) is 66.8 Å². The summed E-state index contributed by atoms with van der Waals surface area (Å²) >= 11 is 6.07. The van der Waals surface area contributed by atoms with Crippen molar-refractivity contribution < 1.29 is 14.3 Å². The molecule has 0 amide bonds. The highest BCUT2D eigenvalue weighted by molar-refractivity contribution is 6.31. The molecule has 3 rings (SSSR count). The van der Waals surface area contributed by atoms with Crippen LogP contribution in [0.5, 0.6) is 5.75 Å². The molecule has 0 aliphatic rings. The van der Waals surface area contributed by atoms with Crippen molar-refractivity contribution in [1.82, 2.24) is 4.98 Å². The van der Waals surface area contributed by atoms with Crippen molar-refractivity contribution >= 4 is 34.5 Å². The van der Waals surface area contributed by atoms with E-state index in [0.717, 1.165) is 46.5 Å². The van der Waals surface area contributed by atoms with Crippen LogP contribution in [0.15, 0.2) is 54.7 Å². The number of carbonyl (C=O) groups is 1. The molecule has 0 fully saturated rings. The highest BCUT2D eigenvalue weighted by Gasteiger charge is 2.05. The van der Waals surface area contributed by atoms with Crippen LogP contribution < -0.4 is 4.74 Å². The van der Waals surface area contributed by atoms with Crippen molar-refractivity contribution in [1.29, 1.82) is 0 Å². The molecular weight excluding hydrogens is 374 g/mol. The molecule has 0 aliphatic carbocycles. The van der Waals surface area contributed by atoms with Gasteiger partial charge in [-0.2, -0.15) is 0 Å². The third kappa shape index (κ3) is 5.64. The van der Waals surface area contributed by atoms with Crippen LogP contribution in [0, 0.1) is 0 Å². The fourth-order valence-electron chi connectivity index (χ4n) is 2.90. The molecule has 0 radical (unpaired) electrons. The summed E-state index contributed by atoms with van der Waals surface area (Å²) in [5, 5.41) is 1.83. The first-order valence-electron chi connectivity index (χ1n) is 9.49. The average molecular weight is 398 g/mol. The zero-order chi connectivity index (χ0) is 19.8. The van der Waals surface area contributed by atoms with E-state index in [1.165, 1.54) is 11.6 Å². The number of carbonyl (C=O) groups excluding carboxylic acids is 1. The van der Waals surface area contributed by atoms with Gasteiger partial charge < -0.3 is 14.5 Å². The van der Waals surface area contributed by atoms with Crippen LogP contribution in [-0.4, -0.2) is 24.2 Å². The Kier molecular flexibility index (Phi) is 7.15. The minimum atomic E-state index is -0.340. The minimum Gasteiger partial charge on any atom is -0.494 e. The molecule has 5 heteroatoms. The van der Waals surface area contributed by atoms with E-state index in [-0.39, 0.29) is 5.97 Å². The monoisotopic (exact) mass is 397 g/mol. The summed E-state index contributed by atoms with van der Waals surface area (Å²) in [6.07, 6.45) is 7.72. The number of nitrogens with one attached hydrogen (secondary N) is 1. The predicted octanol–water partition coefficient (Wildman–Crippen LogP) is 5.80. The second kappa shape index (κ2) is 10.00. The lowest BCUT2D eigenvalue weighted by Gasteiger charge is -2.04. The van der Waals surface area contributed by atoms with Crippen LogP contribution in [0.4, 0.5) is 0 Å². The Hall–Kier alpha value is -2.72. The summed E-state index contributed by atoms with van der Waals surface area (Å²) in [5.41, 5.74) is 3.16. The number of rotatable bonds is 9. The Morgan fingerprint density at radius 2 is 1.96 bits per heavy atom. The Labute approximate surface area is 170 Å². The fraction of sp³-hybridized carbons (Fsp3) is 0.261. The van der Waals surface area contributed by atoms with Crippen molar-refractivity contribution in [2.75, 3.05) is 13.2 Å². The molecule has 1 aromatic heterocycles. The van der Waals surface area contributed by atoms with Crippen molar-refractivity contribution in [3.05, 3.63) is 70.9 Å². The summed E-state index contributed by atoms with van der Waals surface area (Å²) in [6.45, 7) is 3.14. The van der Waals surface area contributed by atoms with Gasteiger partial charge in [0, 0.05) is 28.2 Å². The van der Waals surface area contributed by atoms with E-state index in [9.17, 15) is 4.79 Å². The number of halogens is 1. The van der Waals surface area contributed by atoms with Crippen molar-refractivity contribution in [2.24, 2.45) is 0 Å². The van der Waals surface area contributed by atoms with E-state index in [4.69, 9.17) is 21.1 Å². The van der Waals surface area contributed by atoms with E-state index >= 15 is 0 Å². The largest absolute Gasteiger partial charge is 0.494 e. The second-order valence-corrected chi connectivity index (χ2v) is 6.96. The van der Waals surface area contributed by atoms with E-state index in [1.54, 1.807) is 6.08 Å². The summed E-state index contributed by atoms with van der Waals surface area (Å²) in [7, 11) is 0. The molecule has 0 atom stereocenters. The molecule has 2 aromatic carbocycles. The molecule has 4 nitrogen and oxygen atoms in total. The standard InChI is InChI=1S/C23H24ClNO3/c1-2-13-27-20-9-5-17(6-10-20)7-12-23(26)28-14-3-4-18-16-25-22-11-8-19(24)15-21(18)22/h5-12,15-16,25H,2-4,13-14H2,1H3/b12-7+. The average Bonchev–Trinajstić information content (AvgIpc) is 3.11. The SMILES string of the molecule is CCCOc1ccc(/C=C/C(=O)OCCCc2c[nH]c3ccc(Cl)cc23)cc1. The number of benzene rings is 2. The van der Waals surface area contributed by atoms with Gasteiger partial charge in [-0.1, -0.05) is 30.7 Å². The Morgan fingerprint density at radius 1 is 1.14 bits per heavy atom. The van der Waals surface area contributed by atoms with Crippen LogP contribution >= 0.6 is 11.6 Å². The molecule has 0 saturated heterocycles. The molecular formula is C23H24ClNO3. The van der Waals surface area contributed by atoms with E-state index in [1.807, 2.05) is 48.7 Å². The summed E-state index contributed by atoms with van der Waals surface area (Å²) in [5.74, 6) is 0.494. The highest BCUT2D eigenvalue weighted by atomic mass is 35.5. The van der Waals surface area contributed by atoms with Gasteiger partial charge in [0.1, 0.15) is 5.75 Å². The maximum absolute atomic E-state index is 11.9. The van der Waals surface area contributed by atoms with E-state index < -0.39 is 0 Å². The van der Waals surface area contributed by atoms with Crippen LogP contribution in [0.2, 0.25) is 5.02 Å². The summed E-state index contributed by atoms with van der Waals surface area (Å²) in [6, 6.07) is 13.4. The predicted molar refractivity (Wildman–Crippen MR) is 114 cm³/mol. The number of H-pyrrole nitrogens is 1. The Morgan fingerprint density at radius 3 is 2.75 bits per heavy atom. The number of hydrogen-bond acceptors (Lipinski definition) is 3. The summed E-state index contributed by atoms with van der Waals surface area (Å²) < 4.78 is 10.8. The zero-order valence-electron chi connectivity index (χ0n) is 15.9. The first-order chi connectivity index (χ1) is 13.7. The number of ether oxygens (including phenoxy) is 2. The smallest absolute Gasteiger partial charge is 0.330 e. The molecule has 1 N–H and O–H groups in total. The first kappa shape index (κ1) is 20.0. The van der Waals surface area contributed by atoms with Gasteiger partial charge in [0.15, 0.2) is 0 Å². The van der Waals surface area contributed by atoms with Gasteiger partial charge in [0.05, 0.1) is 13.2 Å². The van der Waals surface area contributed by atoms with Gasteiger partial charge in [-0.3, -0.25) is 0 Å². The van der Waals surface area contributed by atoms with Gasteiger partial charge in [-0.25, -0.2) is 4.79 Å². The molecule has 28 heavy (non-hydrogen) atoms. The van der Waals surface area contributed by atoms with Crippen molar-refractivity contribution in [3.8, 4) is 5.75 Å². The van der Waals surface area contributed by atoms with Crippen molar-refractivity contribution in [3.63, 3.8) is 0 Å². The maximum Gasteiger partial charge on any atom is 0.330 e. The third-order valence-electron chi connectivity index (χ3n) is 4.33.